The highest BCUT2D eigenvalue weighted by molar-refractivity contribution is 5.93. The zero-order valence-corrected chi connectivity index (χ0v) is 15.2. The number of pyridine rings is 1. The van der Waals surface area contributed by atoms with E-state index in [1.807, 2.05) is 32.0 Å². The molecule has 1 aromatic heterocycles. The van der Waals surface area contributed by atoms with Crippen LogP contribution in [0.15, 0.2) is 36.5 Å². The second-order valence-electron chi connectivity index (χ2n) is 6.55. The van der Waals surface area contributed by atoms with Crippen LogP contribution in [0.1, 0.15) is 16.7 Å². The summed E-state index contributed by atoms with van der Waals surface area (Å²) in [5.41, 5.74) is 3.74. The summed E-state index contributed by atoms with van der Waals surface area (Å²) in [6, 6.07) is 11.7. The summed E-state index contributed by atoms with van der Waals surface area (Å²) in [4.78, 5) is 21.0. The molecule has 1 aromatic carbocycles. The van der Waals surface area contributed by atoms with Crippen molar-refractivity contribution in [2.75, 3.05) is 42.9 Å². The normalized spacial score (nSPS) is 14.7. The molecule has 1 amide bonds. The van der Waals surface area contributed by atoms with E-state index in [-0.39, 0.29) is 5.91 Å². The summed E-state index contributed by atoms with van der Waals surface area (Å²) in [5, 5.41) is 12.2. The van der Waals surface area contributed by atoms with Gasteiger partial charge in [0.15, 0.2) is 0 Å². The third kappa shape index (κ3) is 4.01. The Morgan fingerprint density at radius 3 is 2.69 bits per heavy atom. The molecule has 1 fully saturated rings. The number of nitrogens with one attached hydrogen (secondary N) is 1. The molecule has 0 spiro atoms. The topological polar surface area (TPSA) is 72.3 Å². The van der Waals surface area contributed by atoms with Crippen molar-refractivity contribution in [2.24, 2.45) is 0 Å². The molecule has 3 rings (SSSR count). The first-order chi connectivity index (χ1) is 12.6. The predicted octanol–water partition coefficient (Wildman–Crippen LogP) is 2.33. The van der Waals surface area contributed by atoms with E-state index in [2.05, 4.69) is 26.2 Å². The van der Waals surface area contributed by atoms with Gasteiger partial charge in [-0.2, -0.15) is 5.26 Å². The van der Waals surface area contributed by atoms with E-state index in [0.717, 1.165) is 43.2 Å². The third-order valence-corrected chi connectivity index (χ3v) is 4.82. The van der Waals surface area contributed by atoms with Crippen molar-refractivity contribution >= 4 is 17.4 Å². The third-order valence-electron chi connectivity index (χ3n) is 4.82. The maximum Gasteiger partial charge on any atom is 0.238 e. The van der Waals surface area contributed by atoms with Crippen molar-refractivity contribution in [3.05, 3.63) is 53.2 Å². The number of amides is 1. The lowest BCUT2D eigenvalue weighted by atomic mass is 10.1. The van der Waals surface area contributed by atoms with E-state index in [1.165, 1.54) is 5.56 Å². The van der Waals surface area contributed by atoms with Crippen LogP contribution in [0.2, 0.25) is 0 Å². The number of nitrogens with zero attached hydrogens (tertiary/aromatic N) is 4. The quantitative estimate of drug-likeness (QED) is 0.917. The number of aromatic nitrogens is 1. The maximum atomic E-state index is 12.4. The number of carbonyl (C=O) groups is 1. The van der Waals surface area contributed by atoms with E-state index in [4.69, 9.17) is 0 Å². The smallest absolute Gasteiger partial charge is 0.238 e. The molecule has 26 heavy (non-hydrogen) atoms. The molecular weight excluding hydrogens is 326 g/mol. The summed E-state index contributed by atoms with van der Waals surface area (Å²) in [6.45, 7) is 7.46. The summed E-state index contributed by atoms with van der Waals surface area (Å²) in [7, 11) is 0. The molecule has 1 saturated heterocycles. The Kier molecular flexibility index (Phi) is 5.49. The fourth-order valence-corrected chi connectivity index (χ4v) is 3.13. The largest absolute Gasteiger partial charge is 0.353 e. The highest BCUT2D eigenvalue weighted by atomic mass is 16.2. The maximum absolute atomic E-state index is 12.4. The minimum atomic E-state index is 0.00250. The average molecular weight is 349 g/mol. The van der Waals surface area contributed by atoms with E-state index in [9.17, 15) is 10.1 Å². The van der Waals surface area contributed by atoms with Gasteiger partial charge < -0.3 is 10.2 Å². The number of aryl methyl sites for hydroxylation is 1. The Labute approximate surface area is 154 Å². The molecule has 0 radical (unpaired) electrons. The monoisotopic (exact) mass is 349 g/mol. The van der Waals surface area contributed by atoms with Gasteiger partial charge in [0.05, 0.1) is 12.1 Å². The van der Waals surface area contributed by atoms with Gasteiger partial charge in [-0.05, 0) is 43.2 Å². The first-order valence-corrected chi connectivity index (χ1v) is 8.77. The first-order valence-electron chi connectivity index (χ1n) is 8.77. The number of anilines is 2. The van der Waals surface area contributed by atoms with Gasteiger partial charge >= 0.3 is 0 Å². The number of benzene rings is 1. The number of rotatable bonds is 4. The summed E-state index contributed by atoms with van der Waals surface area (Å²) >= 11 is 0. The number of hydrogen-bond donors (Lipinski definition) is 1. The number of nitriles is 1. The van der Waals surface area contributed by atoms with Gasteiger partial charge in [-0.15, -0.1) is 0 Å². The van der Waals surface area contributed by atoms with Crippen LogP contribution in [0.4, 0.5) is 11.5 Å². The van der Waals surface area contributed by atoms with Crippen LogP contribution in [0, 0.1) is 25.2 Å². The number of hydrogen-bond acceptors (Lipinski definition) is 5. The van der Waals surface area contributed by atoms with Gasteiger partial charge in [0, 0.05) is 38.1 Å². The summed E-state index contributed by atoms with van der Waals surface area (Å²) in [6.07, 6.45) is 1.71. The van der Waals surface area contributed by atoms with Crippen molar-refractivity contribution in [2.45, 2.75) is 13.8 Å². The molecular formula is C20H23N5O. The molecule has 1 N–H and O–H groups in total. The molecule has 0 aliphatic carbocycles. The fourth-order valence-electron chi connectivity index (χ4n) is 3.13. The predicted molar refractivity (Wildman–Crippen MR) is 102 cm³/mol. The second kappa shape index (κ2) is 7.98. The Morgan fingerprint density at radius 1 is 1.19 bits per heavy atom. The Balaban J connectivity index is 1.55. The van der Waals surface area contributed by atoms with Crippen LogP contribution in [0.25, 0.3) is 0 Å². The SMILES string of the molecule is Cc1cccc(NC(=O)CN2CCN(c3ncccc3C#N)CC2)c1C. The Bertz CT molecular complexity index is 834. The molecule has 2 heterocycles. The molecule has 2 aromatic rings. The van der Waals surface area contributed by atoms with E-state index < -0.39 is 0 Å². The van der Waals surface area contributed by atoms with E-state index in [1.54, 1.807) is 18.3 Å². The summed E-state index contributed by atoms with van der Waals surface area (Å²) in [5.74, 6) is 0.734. The van der Waals surface area contributed by atoms with Gasteiger partial charge in [0.25, 0.3) is 0 Å². The standard InChI is InChI=1S/C20H23N5O/c1-15-5-3-7-18(16(15)2)23-19(26)14-24-9-11-25(12-10-24)20-17(13-21)6-4-8-22-20/h3-8H,9-12,14H2,1-2H3,(H,23,26). The molecule has 1 aliphatic heterocycles. The van der Waals surface area contributed by atoms with E-state index in [0.29, 0.717) is 12.1 Å². The zero-order chi connectivity index (χ0) is 18.5. The summed E-state index contributed by atoms with van der Waals surface area (Å²) < 4.78 is 0. The van der Waals surface area contributed by atoms with Crippen molar-refractivity contribution in [1.29, 1.82) is 5.26 Å². The molecule has 0 bridgehead atoms. The lowest BCUT2D eigenvalue weighted by Gasteiger charge is -2.35. The van der Waals surface area contributed by atoms with Crippen LogP contribution in [-0.2, 0) is 4.79 Å². The highest BCUT2D eigenvalue weighted by Gasteiger charge is 2.21. The van der Waals surface area contributed by atoms with Crippen molar-refractivity contribution in [1.82, 2.24) is 9.88 Å². The van der Waals surface area contributed by atoms with E-state index >= 15 is 0 Å². The number of carbonyl (C=O) groups excluding carboxylic acids is 1. The fraction of sp³-hybridized carbons (Fsp3) is 0.350. The first kappa shape index (κ1) is 17.9. The van der Waals surface area contributed by atoms with Crippen LogP contribution < -0.4 is 10.2 Å². The minimum absolute atomic E-state index is 0.00250. The Hall–Kier alpha value is -2.91. The van der Waals surface area contributed by atoms with Crippen LogP contribution in [-0.4, -0.2) is 48.5 Å². The van der Waals surface area contributed by atoms with Crippen molar-refractivity contribution in [3.8, 4) is 6.07 Å². The van der Waals surface area contributed by atoms with Crippen molar-refractivity contribution < 1.29 is 4.79 Å². The lowest BCUT2D eigenvalue weighted by Crippen LogP contribution is -2.49. The Morgan fingerprint density at radius 2 is 1.96 bits per heavy atom. The van der Waals surface area contributed by atoms with Crippen LogP contribution in [0.3, 0.4) is 0 Å². The second-order valence-corrected chi connectivity index (χ2v) is 6.55. The zero-order valence-electron chi connectivity index (χ0n) is 15.2. The molecule has 6 heteroatoms. The minimum Gasteiger partial charge on any atom is -0.353 e. The molecule has 0 unspecified atom stereocenters. The average Bonchev–Trinajstić information content (AvgIpc) is 2.66. The van der Waals surface area contributed by atoms with Gasteiger partial charge in [-0.25, -0.2) is 4.98 Å². The number of piperazine rings is 1. The van der Waals surface area contributed by atoms with Gasteiger partial charge in [-0.3, -0.25) is 9.69 Å². The van der Waals surface area contributed by atoms with Gasteiger partial charge in [0.1, 0.15) is 11.9 Å². The van der Waals surface area contributed by atoms with Crippen molar-refractivity contribution in [3.63, 3.8) is 0 Å². The molecule has 134 valence electrons. The van der Waals surface area contributed by atoms with Gasteiger partial charge in [0.2, 0.25) is 5.91 Å². The lowest BCUT2D eigenvalue weighted by molar-refractivity contribution is -0.117. The molecule has 0 atom stereocenters. The molecule has 1 aliphatic rings. The molecule has 6 nitrogen and oxygen atoms in total. The van der Waals surface area contributed by atoms with Crippen LogP contribution in [0.5, 0.6) is 0 Å². The highest BCUT2D eigenvalue weighted by Crippen LogP contribution is 2.19. The van der Waals surface area contributed by atoms with Crippen LogP contribution >= 0.6 is 0 Å². The molecule has 0 saturated carbocycles. The van der Waals surface area contributed by atoms with Gasteiger partial charge in [-0.1, -0.05) is 12.1 Å².